The van der Waals surface area contributed by atoms with E-state index in [9.17, 15) is 0 Å². The molecule has 1 saturated carbocycles. The van der Waals surface area contributed by atoms with E-state index in [1.807, 2.05) is 0 Å². The average molecular weight is 184 g/mol. The Morgan fingerprint density at radius 2 is 2.15 bits per heavy atom. The number of nitrogens with two attached hydrogens (primary N) is 1. The van der Waals surface area contributed by atoms with E-state index in [-0.39, 0.29) is 5.84 Å². The fourth-order valence-electron chi connectivity index (χ4n) is 1.50. The van der Waals surface area contributed by atoms with Crippen molar-refractivity contribution in [3.63, 3.8) is 0 Å². The number of rotatable bonds is 7. The Labute approximate surface area is 80.2 Å². The van der Waals surface area contributed by atoms with Gasteiger partial charge in [0.15, 0.2) is 0 Å². The second-order valence-electron chi connectivity index (χ2n) is 3.83. The lowest BCUT2D eigenvalue weighted by Crippen LogP contribution is -2.14. The summed E-state index contributed by atoms with van der Waals surface area (Å²) < 4.78 is 5.44. The van der Waals surface area contributed by atoms with E-state index in [0.29, 0.717) is 6.42 Å². The number of hydrogen-bond acceptors (Lipinski definition) is 2. The third-order valence-corrected chi connectivity index (χ3v) is 2.63. The van der Waals surface area contributed by atoms with Crippen molar-refractivity contribution in [3.05, 3.63) is 0 Å². The molecule has 3 nitrogen and oxygen atoms in total. The fourth-order valence-corrected chi connectivity index (χ4v) is 1.50. The first-order valence-electron chi connectivity index (χ1n) is 5.19. The van der Waals surface area contributed by atoms with Crippen LogP contribution in [-0.4, -0.2) is 19.0 Å². The largest absolute Gasteiger partial charge is 0.388 e. The Kier molecular flexibility index (Phi) is 4.83. The molecule has 1 fully saturated rings. The van der Waals surface area contributed by atoms with Gasteiger partial charge < -0.3 is 10.5 Å². The molecule has 1 aliphatic rings. The summed E-state index contributed by atoms with van der Waals surface area (Å²) >= 11 is 0. The number of ether oxygens (including phenoxy) is 1. The maximum absolute atomic E-state index is 7.00. The molecule has 0 saturated heterocycles. The molecule has 76 valence electrons. The molecule has 0 heterocycles. The summed E-state index contributed by atoms with van der Waals surface area (Å²) in [6, 6.07) is 0. The van der Waals surface area contributed by atoms with Crippen LogP contribution in [0, 0.1) is 11.3 Å². The SMILES string of the molecule is N=C(N)CCCOCCC1CCC1. The molecule has 0 atom stereocenters. The van der Waals surface area contributed by atoms with E-state index in [4.69, 9.17) is 15.9 Å². The van der Waals surface area contributed by atoms with Crippen LogP contribution in [0.3, 0.4) is 0 Å². The van der Waals surface area contributed by atoms with Crippen LogP contribution in [0.4, 0.5) is 0 Å². The van der Waals surface area contributed by atoms with E-state index in [1.54, 1.807) is 0 Å². The van der Waals surface area contributed by atoms with Crippen LogP contribution in [0.5, 0.6) is 0 Å². The van der Waals surface area contributed by atoms with Gasteiger partial charge in [0, 0.05) is 19.6 Å². The van der Waals surface area contributed by atoms with Crippen LogP contribution in [0.25, 0.3) is 0 Å². The van der Waals surface area contributed by atoms with Crippen molar-refractivity contribution >= 4 is 5.84 Å². The van der Waals surface area contributed by atoms with Crippen LogP contribution >= 0.6 is 0 Å². The Balaban J connectivity index is 1.75. The van der Waals surface area contributed by atoms with Crippen LogP contribution < -0.4 is 5.73 Å². The molecule has 13 heavy (non-hydrogen) atoms. The van der Waals surface area contributed by atoms with Gasteiger partial charge in [-0.3, -0.25) is 5.41 Å². The van der Waals surface area contributed by atoms with E-state index in [1.165, 1.54) is 25.7 Å². The van der Waals surface area contributed by atoms with Crippen LogP contribution in [0.2, 0.25) is 0 Å². The van der Waals surface area contributed by atoms with Gasteiger partial charge in [-0.05, 0) is 18.8 Å². The molecule has 0 aliphatic heterocycles. The molecule has 3 N–H and O–H groups in total. The van der Waals surface area contributed by atoms with Crippen molar-refractivity contribution in [2.75, 3.05) is 13.2 Å². The predicted octanol–water partition coefficient (Wildman–Crippen LogP) is 1.91. The molecular weight excluding hydrogens is 164 g/mol. The Morgan fingerprint density at radius 3 is 2.69 bits per heavy atom. The highest BCUT2D eigenvalue weighted by Crippen LogP contribution is 2.28. The van der Waals surface area contributed by atoms with Crippen molar-refractivity contribution in [1.82, 2.24) is 0 Å². The first kappa shape index (κ1) is 10.5. The average Bonchev–Trinajstić information content (AvgIpc) is 1.99. The van der Waals surface area contributed by atoms with Crippen LogP contribution in [-0.2, 0) is 4.74 Å². The quantitative estimate of drug-likeness (QED) is 0.361. The summed E-state index contributed by atoms with van der Waals surface area (Å²) in [7, 11) is 0. The van der Waals surface area contributed by atoms with E-state index in [0.717, 1.165) is 25.6 Å². The van der Waals surface area contributed by atoms with Crippen molar-refractivity contribution in [1.29, 1.82) is 5.41 Å². The number of amidine groups is 1. The van der Waals surface area contributed by atoms with Gasteiger partial charge in [0.05, 0.1) is 5.84 Å². The van der Waals surface area contributed by atoms with Gasteiger partial charge in [-0.15, -0.1) is 0 Å². The molecule has 0 bridgehead atoms. The summed E-state index contributed by atoms with van der Waals surface area (Å²) in [5.74, 6) is 1.20. The number of nitrogens with one attached hydrogen (secondary N) is 1. The minimum absolute atomic E-state index is 0.266. The van der Waals surface area contributed by atoms with Crippen LogP contribution in [0.15, 0.2) is 0 Å². The zero-order chi connectivity index (χ0) is 9.52. The maximum Gasteiger partial charge on any atom is 0.0906 e. The summed E-state index contributed by atoms with van der Waals surface area (Å²) in [6.45, 7) is 1.65. The smallest absolute Gasteiger partial charge is 0.0906 e. The van der Waals surface area contributed by atoms with Gasteiger partial charge in [0.2, 0.25) is 0 Å². The summed E-state index contributed by atoms with van der Waals surface area (Å²) in [5.41, 5.74) is 5.21. The molecule has 0 aromatic carbocycles. The molecule has 0 aromatic rings. The minimum Gasteiger partial charge on any atom is -0.388 e. The summed E-state index contributed by atoms with van der Waals surface area (Å²) in [6.07, 6.45) is 6.99. The lowest BCUT2D eigenvalue weighted by molar-refractivity contribution is 0.106. The van der Waals surface area contributed by atoms with Gasteiger partial charge in [-0.2, -0.15) is 0 Å². The lowest BCUT2D eigenvalue weighted by Gasteiger charge is -2.24. The van der Waals surface area contributed by atoms with E-state index >= 15 is 0 Å². The maximum atomic E-state index is 7.00. The topological polar surface area (TPSA) is 59.1 Å². The molecule has 0 spiro atoms. The Hall–Kier alpha value is -0.570. The highest BCUT2D eigenvalue weighted by Gasteiger charge is 2.16. The summed E-state index contributed by atoms with van der Waals surface area (Å²) in [4.78, 5) is 0. The van der Waals surface area contributed by atoms with E-state index < -0.39 is 0 Å². The normalized spacial score (nSPS) is 16.9. The lowest BCUT2D eigenvalue weighted by atomic mass is 9.83. The fraction of sp³-hybridized carbons (Fsp3) is 0.900. The summed E-state index contributed by atoms with van der Waals surface area (Å²) in [5, 5.41) is 7.00. The first-order valence-corrected chi connectivity index (χ1v) is 5.19. The van der Waals surface area contributed by atoms with Gasteiger partial charge in [0.25, 0.3) is 0 Å². The molecule has 3 heteroatoms. The van der Waals surface area contributed by atoms with Crippen LogP contribution in [0.1, 0.15) is 38.5 Å². The first-order chi connectivity index (χ1) is 6.29. The van der Waals surface area contributed by atoms with Gasteiger partial charge >= 0.3 is 0 Å². The minimum atomic E-state index is 0.266. The second kappa shape index (κ2) is 5.97. The molecule has 0 unspecified atom stereocenters. The Morgan fingerprint density at radius 1 is 1.38 bits per heavy atom. The second-order valence-corrected chi connectivity index (χ2v) is 3.83. The monoisotopic (exact) mass is 184 g/mol. The number of hydrogen-bond donors (Lipinski definition) is 2. The third kappa shape index (κ3) is 4.88. The molecule has 1 aliphatic carbocycles. The van der Waals surface area contributed by atoms with Crippen molar-refractivity contribution < 1.29 is 4.74 Å². The van der Waals surface area contributed by atoms with Crippen molar-refractivity contribution in [2.24, 2.45) is 11.7 Å². The molecule has 0 radical (unpaired) electrons. The van der Waals surface area contributed by atoms with Crippen molar-refractivity contribution in [3.8, 4) is 0 Å². The van der Waals surface area contributed by atoms with E-state index in [2.05, 4.69) is 0 Å². The Bertz CT molecular complexity index is 155. The third-order valence-electron chi connectivity index (χ3n) is 2.63. The van der Waals surface area contributed by atoms with Crippen molar-refractivity contribution in [2.45, 2.75) is 38.5 Å². The van der Waals surface area contributed by atoms with Gasteiger partial charge in [-0.25, -0.2) is 0 Å². The highest BCUT2D eigenvalue weighted by molar-refractivity contribution is 5.76. The van der Waals surface area contributed by atoms with Gasteiger partial charge in [0.1, 0.15) is 0 Å². The van der Waals surface area contributed by atoms with Gasteiger partial charge in [-0.1, -0.05) is 19.3 Å². The molecule has 0 amide bonds. The molecular formula is C10H20N2O. The zero-order valence-corrected chi connectivity index (χ0v) is 8.22. The zero-order valence-electron chi connectivity index (χ0n) is 8.22. The standard InChI is InChI=1S/C10H20N2O/c11-10(12)5-2-7-13-8-6-9-3-1-4-9/h9H,1-8H2,(H3,11,12). The molecule has 1 rings (SSSR count). The highest BCUT2D eigenvalue weighted by atomic mass is 16.5. The molecule has 0 aromatic heterocycles. The predicted molar refractivity (Wildman–Crippen MR) is 53.9 cm³/mol.